The Bertz CT molecular complexity index is 1670. The number of pyridine rings is 1. The Balaban J connectivity index is 1.25. The third kappa shape index (κ3) is 4.67. The Morgan fingerprint density at radius 2 is 1.46 bits per heavy atom. The number of anilines is 2. The Morgan fingerprint density at radius 3 is 2.08 bits per heavy atom. The molecule has 0 amide bonds. The maximum Gasteiger partial charge on any atom is 0.314 e. The van der Waals surface area contributed by atoms with Crippen LogP contribution in [0.2, 0.25) is 10.0 Å². The Morgan fingerprint density at radius 1 is 0.872 bits per heavy atom. The number of carbonyl (C=O) groups is 1. The van der Waals surface area contributed by atoms with E-state index in [2.05, 4.69) is 10.5 Å². The lowest BCUT2D eigenvalue weighted by atomic mass is 9.93. The summed E-state index contributed by atoms with van der Waals surface area (Å²) in [6, 6.07) is 26.7. The first-order valence-electron chi connectivity index (χ1n) is 12.5. The van der Waals surface area contributed by atoms with Crippen LogP contribution in [0.4, 0.5) is 11.5 Å². The van der Waals surface area contributed by atoms with Crippen LogP contribution in [0.15, 0.2) is 89.5 Å². The molecule has 0 saturated heterocycles. The van der Waals surface area contributed by atoms with Crippen LogP contribution in [-0.2, 0) is 10.2 Å². The number of nitrogens with zero attached hydrogens (tertiary/aromatic N) is 2. The number of carboxylic acids is 1. The number of aromatic nitrogens is 2. The van der Waals surface area contributed by atoms with Gasteiger partial charge >= 0.3 is 5.97 Å². The second-order valence-corrected chi connectivity index (χ2v) is 10.5. The van der Waals surface area contributed by atoms with E-state index in [0.717, 1.165) is 22.3 Å². The van der Waals surface area contributed by atoms with Crippen molar-refractivity contribution in [3.05, 3.63) is 106 Å². The van der Waals surface area contributed by atoms with Crippen LogP contribution >= 0.6 is 23.2 Å². The van der Waals surface area contributed by atoms with Crippen molar-refractivity contribution in [2.45, 2.75) is 25.2 Å². The van der Waals surface area contributed by atoms with E-state index in [1.165, 1.54) is 0 Å². The minimum Gasteiger partial charge on any atom is -0.481 e. The quantitative estimate of drug-likeness (QED) is 0.209. The van der Waals surface area contributed by atoms with Gasteiger partial charge in [-0.25, -0.2) is 4.98 Å². The molecule has 6 nitrogen and oxygen atoms in total. The highest BCUT2D eigenvalue weighted by Crippen LogP contribution is 2.48. The van der Waals surface area contributed by atoms with Crippen molar-refractivity contribution >= 4 is 40.7 Å². The predicted octanol–water partition coefficient (Wildman–Crippen LogP) is 8.55. The molecule has 5 aromatic rings. The Hall–Kier alpha value is -4.13. The van der Waals surface area contributed by atoms with E-state index >= 15 is 0 Å². The number of rotatable bonds is 7. The summed E-state index contributed by atoms with van der Waals surface area (Å²) in [6.07, 6.45) is 1.38. The number of carboxylic acid groups (broad SMARTS) is 1. The summed E-state index contributed by atoms with van der Waals surface area (Å²) in [5.74, 6) is 0.443. The van der Waals surface area contributed by atoms with E-state index in [4.69, 9.17) is 32.7 Å². The molecular weight excluding hydrogens is 533 g/mol. The van der Waals surface area contributed by atoms with Crippen molar-refractivity contribution in [3.63, 3.8) is 0 Å². The highest BCUT2D eigenvalue weighted by Gasteiger charge is 2.51. The fraction of sp³-hybridized carbons (Fsp3) is 0.129. The zero-order valence-corrected chi connectivity index (χ0v) is 22.4. The zero-order valence-electron chi connectivity index (χ0n) is 20.9. The Kier molecular flexibility index (Phi) is 6.37. The van der Waals surface area contributed by atoms with Gasteiger partial charge in [-0.05, 0) is 60.7 Å². The van der Waals surface area contributed by atoms with Gasteiger partial charge in [0.25, 0.3) is 0 Å². The van der Waals surface area contributed by atoms with Crippen LogP contribution in [0.5, 0.6) is 0 Å². The van der Waals surface area contributed by atoms with Gasteiger partial charge in [-0.2, -0.15) is 0 Å². The number of aliphatic carboxylic acids is 1. The molecule has 2 N–H and O–H groups in total. The molecule has 194 valence electrons. The molecule has 39 heavy (non-hydrogen) atoms. The van der Waals surface area contributed by atoms with Gasteiger partial charge in [-0.3, -0.25) is 4.79 Å². The number of aryl methyl sites for hydroxylation is 1. The van der Waals surface area contributed by atoms with E-state index in [-0.39, 0.29) is 0 Å². The summed E-state index contributed by atoms with van der Waals surface area (Å²) in [5, 5.41) is 18.1. The summed E-state index contributed by atoms with van der Waals surface area (Å²) >= 11 is 12.8. The van der Waals surface area contributed by atoms with Crippen molar-refractivity contribution in [1.29, 1.82) is 0 Å². The number of benzene rings is 3. The van der Waals surface area contributed by atoms with E-state index in [1.807, 2.05) is 73.7 Å². The van der Waals surface area contributed by atoms with E-state index in [9.17, 15) is 9.90 Å². The standard InChI is InChI=1S/C31H23Cl2N3O3/c1-18-28(35-26-7-3-6-25(34-26)27-23(32)4-2-5-24(27)33)29(39-36-18)21-10-8-19(9-11-21)20-12-14-22(15-13-20)31(16-17-31)30(37)38/h2-15H,16-17H2,1H3,(H,34,35)(H,37,38). The molecule has 1 fully saturated rings. The molecule has 6 rings (SSSR count). The molecule has 1 aliphatic rings. The molecule has 2 heterocycles. The van der Waals surface area contributed by atoms with E-state index < -0.39 is 11.4 Å². The largest absolute Gasteiger partial charge is 0.481 e. The van der Waals surface area contributed by atoms with Crippen LogP contribution in [0.25, 0.3) is 33.7 Å². The van der Waals surface area contributed by atoms with Crippen molar-refractivity contribution in [2.24, 2.45) is 0 Å². The molecule has 3 aromatic carbocycles. The first-order chi connectivity index (χ1) is 18.9. The van der Waals surface area contributed by atoms with Gasteiger partial charge in [0.15, 0.2) is 5.76 Å². The van der Waals surface area contributed by atoms with Gasteiger partial charge in [0.2, 0.25) is 0 Å². The predicted molar refractivity (Wildman–Crippen MR) is 154 cm³/mol. The van der Waals surface area contributed by atoms with Gasteiger partial charge in [0.1, 0.15) is 17.2 Å². The highest BCUT2D eigenvalue weighted by molar-refractivity contribution is 6.39. The summed E-state index contributed by atoms with van der Waals surface area (Å²) < 4.78 is 5.70. The average molecular weight is 556 g/mol. The van der Waals surface area contributed by atoms with Gasteiger partial charge in [0.05, 0.1) is 21.2 Å². The number of nitrogens with one attached hydrogen (secondary N) is 1. The molecule has 0 bridgehead atoms. The smallest absolute Gasteiger partial charge is 0.314 e. The van der Waals surface area contributed by atoms with Crippen LogP contribution in [0.3, 0.4) is 0 Å². The van der Waals surface area contributed by atoms with E-state index in [1.54, 1.807) is 18.2 Å². The molecule has 0 spiro atoms. The molecule has 0 aliphatic heterocycles. The molecule has 0 atom stereocenters. The van der Waals surface area contributed by atoms with Crippen LogP contribution in [0.1, 0.15) is 24.1 Å². The second kappa shape index (κ2) is 9.88. The minimum absolute atomic E-state index is 0.526. The van der Waals surface area contributed by atoms with Gasteiger partial charge in [0, 0.05) is 11.1 Å². The lowest BCUT2D eigenvalue weighted by Crippen LogP contribution is -2.19. The maximum absolute atomic E-state index is 11.6. The van der Waals surface area contributed by atoms with Crippen LogP contribution < -0.4 is 5.32 Å². The number of halogens is 2. The number of hydrogen-bond acceptors (Lipinski definition) is 5. The fourth-order valence-corrected chi connectivity index (χ4v) is 5.37. The number of hydrogen-bond donors (Lipinski definition) is 2. The summed E-state index contributed by atoms with van der Waals surface area (Å²) in [5.41, 5.74) is 5.77. The van der Waals surface area contributed by atoms with E-state index in [0.29, 0.717) is 57.1 Å². The zero-order chi connectivity index (χ0) is 27.1. The molecule has 2 aromatic heterocycles. The highest BCUT2D eigenvalue weighted by atomic mass is 35.5. The summed E-state index contributed by atoms with van der Waals surface area (Å²) in [7, 11) is 0. The molecule has 0 unspecified atom stereocenters. The molecular formula is C31H23Cl2N3O3. The summed E-state index contributed by atoms with van der Waals surface area (Å²) in [6.45, 7) is 1.86. The molecule has 1 aliphatic carbocycles. The molecule has 1 saturated carbocycles. The monoisotopic (exact) mass is 555 g/mol. The normalized spacial score (nSPS) is 13.7. The fourth-order valence-electron chi connectivity index (χ4n) is 4.77. The van der Waals surface area contributed by atoms with Crippen molar-refractivity contribution in [2.75, 3.05) is 5.32 Å². The van der Waals surface area contributed by atoms with Gasteiger partial charge in [-0.1, -0.05) is 89.0 Å². The van der Waals surface area contributed by atoms with Gasteiger partial charge in [-0.15, -0.1) is 0 Å². The van der Waals surface area contributed by atoms with Crippen molar-refractivity contribution in [3.8, 4) is 33.7 Å². The lowest BCUT2D eigenvalue weighted by Gasteiger charge is -2.11. The maximum atomic E-state index is 11.6. The Labute approximate surface area is 235 Å². The second-order valence-electron chi connectivity index (χ2n) is 9.64. The van der Waals surface area contributed by atoms with Crippen LogP contribution in [-0.4, -0.2) is 21.2 Å². The minimum atomic E-state index is -0.749. The lowest BCUT2D eigenvalue weighted by molar-refractivity contribution is -0.140. The average Bonchev–Trinajstić information content (AvgIpc) is 3.68. The van der Waals surface area contributed by atoms with Gasteiger partial charge < -0.3 is 14.9 Å². The molecule has 8 heteroatoms. The third-order valence-electron chi connectivity index (χ3n) is 7.16. The topological polar surface area (TPSA) is 88.2 Å². The SMILES string of the molecule is Cc1noc(-c2ccc(-c3ccc(C4(C(=O)O)CC4)cc3)cc2)c1Nc1cccc(-c2c(Cl)cccc2Cl)n1. The van der Waals surface area contributed by atoms with Crippen molar-refractivity contribution in [1.82, 2.24) is 10.1 Å². The molecule has 0 radical (unpaired) electrons. The van der Waals surface area contributed by atoms with Crippen molar-refractivity contribution < 1.29 is 14.4 Å². The third-order valence-corrected chi connectivity index (χ3v) is 7.79. The first kappa shape index (κ1) is 25.2. The van der Waals surface area contributed by atoms with Crippen LogP contribution in [0, 0.1) is 6.92 Å². The first-order valence-corrected chi connectivity index (χ1v) is 13.2. The summed E-state index contributed by atoms with van der Waals surface area (Å²) in [4.78, 5) is 16.4.